The van der Waals surface area contributed by atoms with Crippen LogP contribution in [0.5, 0.6) is 0 Å². The summed E-state index contributed by atoms with van der Waals surface area (Å²) < 4.78 is 2.97. The second kappa shape index (κ2) is 7.65. The van der Waals surface area contributed by atoms with Crippen molar-refractivity contribution in [2.75, 3.05) is 5.43 Å². The fraction of sp³-hybridized carbons (Fsp3) is 0. The number of nitrogens with zero attached hydrogens (tertiary/aromatic N) is 5. The van der Waals surface area contributed by atoms with Crippen molar-refractivity contribution >= 4 is 32.9 Å². The van der Waals surface area contributed by atoms with E-state index in [0.717, 1.165) is 37.9 Å². The fourth-order valence-corrected chi connectivity index (χ4v) is 3.81. The van der Waals surface area contributed by atoms with Gasteiger partial charge in [-0.1, -0.05) is 41.7 Å². The van der Waals surface area contributed by atoms with Gasteiger partial charge in [0.25, 0.3) is 0 Å². The SMILES string of the molecule is C(=N/Nc1nc2ccccc2s1)/c1cn(-c2ccccc2)nc1-c1cccnc1. The molecule has 0 atom stereocenters. The van der Waals surface area contributed by atoms with Crippen molar-refractivity contribution in [3.8, 4) is 16.9 Å². The van der Waals surface area contributed by atoms with Crippen molar-refractivity contribution in [3.63, 3.8) is 0 Å². The number of hydrogen-bond acceptors (Lipinski definition) is 6. The number of pyridine rings is 1. The van der Waals surface area contributed by atoms with Crippen LogP contribution in [0.2, 0.25) is 0 Å². The van der Waals surface area contributed by atoms with E-state index in [1.54, 1.807) is 29.9 Å². The van der Waals surface area contributed by atoms with Gasteiger partial charge in [0.05, 0.1) is 22.1 Å². The smallest absolute Gasteiger partial charge is 0.204 e. The first-order chi connectivity index (χ1) is 14.4. The third-order valence-corrected chi connectivity index (χ3v) is 5.30. The molecule has 0 saturated carbocycles. The Morgan fingerprint density at radius 3 is 2.66 bits per heavy atom. The van der Waals surface area contributed by atoms with Gasteiger partial charge in [0.2, 0.25) is 5.13 Å². The molecule has 5 aromatic rings. The van der Waals surface area contributed by atoms with Crippen molar-refractivity contribution in [2.45, 2.75) is 0 Å². The van der Waals surface area contributed by atoms with Crippen LogP contribution in [0.4, 0.5) is 5.13 Å². The molecule has 0 aliphatic heterocycles. The van der Waals surface area contributed by atoms with Crippen LogP contribution in [0.3, 0.4) is 0 Å². The van der Waals surface area contributed by atoms with Gasteiger partial charge in [-0.25, -0.2) is 9.67 Å². The highest BCUT2D eigenvalue weighted by molar-refractivity contribution is 7.22. The summed E-state index contributed by atoms with van der Waals surface area (Å²) in [5, 5.41) is 9.91. The van der Waals surface area contributed by atoms with Crippen LogP contribution in [0, 0.1) is 0 Å². The van der Waals surface area contributed by atoms with E-state index in [4.69, 9.17) is 5.10 Å². The molecule has 0 aliphatic carbocycles. The Morgan fingerprint density at radius 1 is 0.966 bits per heavy atom. The molecule has 1 N–H and O–H groups in total. The summed E-state index contributed by atoms with van der Waals surface area (Å²) >= 11 is 1.57. The maximum Gasteiger partial charge on any atom is 0.204 e. The maximum atomic E-state index is 4.76. The number of thiazole rings is 1. The lowest BCUT2D eigenvalue weighted by Crippen LogP contribution is -1.94. The molecule has 29 heavy (non-hydrogen) atoms. The Balaban J connectivity index is 1.47. The molecule has 5 rings (SSSR count). The van der Waals surface area contributed by atoms with Crippen LogP contribution in [0.15, 0.2) is 90.4 Å². The molecule has 7 heteroatoms. The first-order valence-corrected chi connectivity index (χ1v) is 9.88. The topological polar surface area (TPSA) is 68.0 Å². The first kappa shape index (κ1) is 17.3. The highest BCUT2D eigenvalue weighted by atomic mass is 32.1. The minimum absolute atomic E-state index is 0.751. The lowest BCUT2D eigenvalue weighted by Gasteiger charge is -1.99. The number of para-hydroxylation sites is 2. The summed E-state index contributed by atoms with van der Waals surface area (Å²) in [5.41, 5.74) is 7.61. The number of benzene rings is 2. The lowest BCUT2D eigenvalue weighted by atomic mass is 10.1. The second-order valence-corrected chi connectivity index (χ2v) is 7.34. The molecule has 0 aliphatic rings. The Kier molecular flexibility index (Phi) is 4.56. The summed E-state index contributed by atoms with van der Waals surface area (Å²) in [4.78, 5) is 8.76. The minimum Gasteiger partial charge on any atom is -0.264 e. The van der Waals surface area contributed by atoms with Gasteiger partial charge in [-0.05, 0) is 36.4 Å². The van der Waals surface area contributed by atoms with Gasteiger partial charge in [0, 0.05) is 29.7 Å². The Morgan fingerprint density at radius 2 is 1.83 bits per heavy atom. The Bertz CT molecular complexity index is 1240. The highest BCUT2D eigenvalue weighted by Crippen LogP contribution is 2.26. The van der Waals surface area contributed by atoms with Crippen molar-refractivity contribution in [3.05, 3.63) is 90.9 Å². The number of rotatable bonds is 5. The summed E-state index contributed by atoms with van der Waals surface area (Å²) in [5.74, 6) is 0. The van der Waals surface area contributed by atoms with Crippen LogP contribution >= 0.6 is 11.3 Å². The van der Waals surface area contributed by atoms with E-state index in [9.17, 15) is 0 Å². The average Bonchev–Trinajstić information content (AvgIpc) is 3.39. The summed E-state index contributed by atoms with van der Waals surface area (Å²) in [6.45, 7) is 0. The molecule has 3 aromatic heterocycles. The third-order valence-electron chi connectivity index (χ3n) is 4.36. The third kappa shape index (κ3) is 3.63. The number of nitrogens with one attached hydrogen (secondary N) is 1. The van der Waals surface area contributed by atoms with Crippen molar-refractivity contribution in [2.24, 2.45) is 5.10 Å². The molecule has 140 valence electrons. The van der Waals surface area contributed by atoms with E-state index in [1.165, 1.54) is 0 Å². The van der Waals surface area contributed by atoms with Gasteiger partial charge >= 0.3 is 0 Å². The number of hydrogen-bond donors (Lipinski definition) is 1. The van der Waals surface area contributed by atoms with E-state index in [1.807, 2.05) is 77.6 Å². The van der Waals surface area contributed by atoms with Gasteiger partial charge in [-0.3, -0.25) is 10.4 Å². The largest absolute Gasteiger partial charge is 0.264 e. The number of anilines is 1. The zero-order valence-corrected chi connectivity index (χ0v) is 16.1. The molecular formula is C22H16N6S. The highest BCUT2D eigenvalue weighted by Gasteiger charge is 2.11. The molecule has 0 spiro atoms. The molecule has 6 nitrogen and oxygen atoms in total. The van der Waals surface area contributed by atoms with E-state index < -0.39 is 0 Å². The maximum absolute atomic E-state index is 4.76. The van der Waals surface area contributed by atoms with Crippen molar-refractivity contribution in [1.29, 1.82) is 0 Å². The summed E-state index contributed by atoms with van der Waals surface area (Å²) in [6.07, 6.45) is 7.28. The molecule has 0 fully saturated rings. The Hall–Kier alpha value is -3.84. The van der Waals surface area contributed by atoms with Crippen LogP contribution < -0.4 is 5.43 Å². The van der Waals surface area contributed by atoms with Crippen molar-refractivity contribution in [1.82, 2.24) is 19.7 Å². The Labute approximate surface area is 171 Å². The normalized spacial score (nSPS) is 11.3. The predicted octanol–water partition coefficient (Wildman–Crippen LogP) is 4.99. The van der Waals surface area contributed by atoms with Gasteiger partial charge in [0.15, 0.2) is 0 Å². The zero-order chi connectivity index (χ0) is 19.5. The quantitative estimate of drug-likeness (QED) is 0.336. The van der Waals surface area contributed by atoms with Crippen LogP contribution in [0.1, 0.15) is 5.56 Å². The minimum atomic E-state index is 0.751. The monoisotopic (exact) mass is 396 g/mol. The van der Waals surface area contributed by atoms with Gasteiger partial charge in [-0.2, -0.15) is 10.2 Å². The molecular weight excluding hydrogens is 380 g/mol. The molecule has 2 aromatic carbocycles. The van der Waals surface area contributed by atoms with Gasteiger partial charge in [0.1, 0.15) is 5.69 Å². The molecule has 0 saturated heterocycles. The first-order valence-electron chi connectivity index (χ1n) is 9.07. The van der Waals surface area contributed by atoms with E-state index in [-0.39, 0.29) is 0 Å². The second-order valence-electron chi connectivity index (χ2n) is 6.31. The summed E-state index contributed by atoms with van der Waals surface area (Å²) in [6, 6.07) is 21.9. The fourth-order valence-electron chi connectivity index (χ4n) is 3.00. The van der Waals surface area contributed by atoms with Gasteiger partial charge in [-0.15, -0.1) is 0 Å². The van der Waals surface area contributed by atoms with Crippen LogP contribution in [-0.2, 0) is 0 Å². The molecule has 3 heterocycles. The van der Waals surface area contributed by atoms with E-state index in [2.05, 4.69) is 20.5 Å². The number of aromatic nitrogens is 4. The van der Waals surface area contributed by atoms with E-state index >= 15 is 0 Å². The zero-order valence-electron chi connectivity index (χ0n) is 15.3. The van der Waals surface area contributed by atoms with Gasteiger partial charge < -0.3 is 0 Å². The molecule has 0 unspecified atom stereocenters. The lowest BCUT2D eigenvalue weighted by molar-refractivity contribution is 0.884. The molecule has 0 amide bonds. The predicted molar refractivity (Wildman–Crippen MR) is 118 cm³/mol. The van der Waals surface area contributed by atoms with Crippen molar-refractivity contribution < 1.29 is 0 Å². The average molecular weight is 396 g/mol. The number of fused-ring (bicyclic) bond motifs is 1. The molecule has 0 bridgehead atoms. The van der Waals surface area contributed by atoms with E-state index in [0.29, 0.717) is 0 Å². The molecule has 0 radical (unpaired) electrons. The standard InChI is InChI=1S/C22H16N6S/c1-2-8-18(9-3-1)28-15-17(21(27-28)16-7-6-12-23-13-16)14-24-26-22-25-19-10-4-5-11-20(19)29-22/h1-15H,(H,25,26)/b24-14-. The summed E-state index contributed by atoms with van der Waals surface area (Å²) in [7, 11) is 0. The van der Waals surface area contributed by atoms with Crippen LogP contribution in [-0.4, -0.2) is 26.0 Å². The van der Waals surface area contributed by atoms with Crippen LogP contribution in [0.25, 0.3) is 27.2 Å². The number of hydrazone groups is 1.